The first-order valence-electron chi connectivity index (χ1n) is 9.18. The van der Waals surface area contributed by atoms with Crippen molar-refractivity contribution in [3.8, 4) is 0 Å². The van der Waals surface area contributed by atoms with Crippen LogP contribution < -0.4 is 5.32 Å². The van der Waals surface area contributed by atoms with Gasteiger partial charge in [-0.3, -0.25) is 4.90 Å². The first-order chi connectivity index (χ1) is 11.8. The van der Waals surface area contributed by atoms with Crippen LogP contribution in [0.2, 0.25) is 0 Å². The molecule has 1 fully saturated rings. The molecule has 0 aromatic heterocycles. The fourth-order valence-corrected chi connectivity index (χ4v) is 3.18. The number of hydrogen-bond acceptors (Lipinski definition) is 3. The summed E-state index contributed by atoms with van der Waals surface area (Å²) in [4.78, 5) is 9.32. The van der Waals surface area contributed by atoms with Crippen LogP contribution >= 0.6 is 24.0 Å². The fourth-order valence-electron chi connectivity index (χ4n) is 3.18. The molecular weight excluding hydrogens is 439 g/mol. The Balaban J connectivity index is 0.00000338. The Labute approximate surface area is 176 Å². The second kappa shape index (κ2) is 10.5. The number of benzene rings is 1. The van der Waals surface area contributed by atoms with E-state index in [-0.39, 0.29) is 41.7 Å². The Morgan fingerprint density at radius 2 is 1.77 bits per heavy atom. The Morgan fingerprint density at radius 3 is 2.31 bits per heavy atom. The van der Waals surface area contributed by atoms with E-state index in [1.165, 1.54) is 5.56 Å². The molecular formula is C20H35IN4O. The summed E-state index contributed by atoms with van der Waals surface area (Å²) in [7, 11) is 4.06. The van der Waals surface area contributed by atoms with Gasteiger partial charge in [0.15, 0.2) is 5.96 Å². The molecule has 0 amide bonds. The van der Waals surface area contributed by atoms with Crippen molar-refractivity contribution in [2.45, 2.75) is 52.0 Å². The van der Waals surface area contributed by atoms with Gasteiger partial charge in [-0.1, -0.05) is 30.3 Å². The molecule has 1 N–H and O–H groups in total. The molecule has 26 heavy (non-hydrogen) atoms. The van der Waals surface area contributed by atoms with Crippen molar-refractivity contribution in [3.05, 3.63) is 35.9 Å². The molecule has 2 unspecified atom stereocenters. The number of aliphatic imine (C=N–C) groups is 1. The Morgan fingerprint density at radius 1 is 1.19 bits per heavy atom. The molecule has 0 spiro atoms. The Kier molecular flexibility index (Phi) is 9.33. The molecule has 0 saturated carbocycles. The fraction of sp³-hybridized carbons (Fsp3) is 0.650. The predicted octanol–water partition coefficient (Wildman–Crippen LogP) is 3.20. The third-order valence-corrected chi connectivity index (χ3v) is 4.63. The van der Waals surface area contributed by atoms with Crippen molar-refractivity contribution in [1.29, 1.82) is 0 Å². The van der Waals surface area contributed by atoms with Crippen molar-refractivity contribution in [2.75, 3.05) is 33.7 Å². The highest BCUT2D eigenvalue weighted by molar-refractivity contribution is 14.0. The summed E-state index contributed by atoms with van der Waals surface area (Å²) in [6, 6.07) is 10.4. The van der Waals surface area contributed by atoms with Crippen LogP contribution in [0.3, 0.4) is 0 Å². The van der Waals surface area contributed by atoms with Crippen LogP contribution in [-0.2, 0) is 11.3 Å². The van der Waals surface area contributed by atoms with E-state index >= 15 is 0 Å². The minimum absolute atomic E-state index is 0. The number of rotatable bonds is 5. The summed E-state index contributed by atoms with van der Waals surface area (Å²) in [5.74, 6) is 0.922. The Hall–Kier alpha value is -0.860. The van der Waals surface area contributed by atoms with Gasteiger partial charge in [0.05, 0.1) is 18.8 Å². The van der Waals surface area contributed by atoms with E-state index in [4.69, 9.17) is 9.73 Å². The van der Waals surface area contributed by atoms with Crippen molar-refractivity contribution < 1.29 is 4.74 Å². The van der Waals surface area contributed by atoms with Gasteiger partial charge in [0, 0.05) is 39.3 Å². The highest BCUT2D eigenvalue weighted by Crippen LogP contribution is 2.20. The molecule has 0 radical (unpaired) electrons. The van der Waals surface area contributed by atoms with E-state index < -0.39 is 0 Å². The molecule has 1 saturated heterocycles. The SMILES string of the molecule is CC1CN(C(C)(C)CNC(=NCc2ccccc2)N(C)C)CC(C)O1.I. The number of nitrogens with zero attached hydrogens (tertiary/aromatic N) is 3. The summed E-state index contributed by atoms with van der Waals surface area (Å²) >= 11 is 0. The van der Waals surface area contributed by atoms with E-state index in [1.54, 1.807) is 0 Å². The highest BCUT2D eigenvalue weighted by Gasteiger charge is 2.33. The third-order valence-electron chi connectivity index (χ3n) is 4.63. The standard InChI is InChI=1S/C20H34N4O.HI/c1-16-13-24(14-17(2)25-16)20(3,4)15-22-19(23(5)6)21-12-18-10-8-7-9-11-18;/h7-11,16-17H,12-15H2,1-6H3,(H,21,22);1H. The van der Waals surface area contributed by atoms with Gasteiger partial charge in [-0.25, -0.2) is 4.99 Å². The lowest BCUT2D eigenvalue weighted by Gasteiger charge is -2.45. The van der Waals surface area contributed by atoms with E-state index in [9.17, 15) is 0 Å². The monoisotopic (exact) mass is 474 g/mol. The van der Waals surface area contributed by atoms with Gasteiger partial charge in [0.25, 0.3) is 0 Å². The lowest BCUT2D eigenvalue weighted by molar-refractivity contribution is -0.0946. The molecule has 1 aromatic carbocycles. The van der Waals surface area contributed by atoms with Crippen LogP contribution in [0.4, 0.5) is 0 Å². The summed E-state index contributed by atoms with van der Waals surface area (Å²) in [6.45, 7) is 12.3. The van der Waals surface area contributed by atoms with Crippen molar-refractivity contribution >= 4 is 29.9 Å². The zero-order valence-corrected chi connectivity index (χ0v) is 19.4. The average Bonchev–Trinajstić information content (AvgIpc) is 2.54. The molecule has 1 aromatic rings. The van der Waals surface area contributed by atoms with Gasteiger partial charge < -0.3 is 15.0 Å². The number of morpholine rings is 1. The van der Waals surface area contributed by atoms with Crippen molar-refractivity contribution in [3.63, 3.8) is 0 Å². The van der Waals surface area contributed by atoms with Gasteiger partial charge in [-0.05, 0) is 33.3 Å². The molecule has 6 heteroatoms. The topological polar surface area (TPSA) is 40.1 Å². The van der Waals surface area contributed by atoms with Crippen LogP contribution in [0, 0.1) is 0 Å². The van der Waals surface area contributed by atoms with Gasteiger partial charge >= 0.3 is 0 Å². The molecule has 2 rings (SSSR count). The molecule has 0 aliphatic carbocycles. The van der Waals surface area contributed by atoms with E-state index in [0.29, 0.717) is 6.54 Å². The van der Waals surface area contributed by atoms with Crippen molar-refractivity contribution in [2.24, 2.45) is 4.99 Å². The summed E-state index contributed by atoms with van der Waals surface area (Å²) in [5.41, 5.74) is 1.26. The maximum absolute atomic E-state index is 5.87. The van der Waals surface area contributed by atoms with Crippen LogP contribution in [0.5, 0.6) is 0 Å². The number of guanidine groups is 1. The first-order valence-corrected chi connectivity index (χ1v) is 9.18. The van der Waals surface area contributed by atoms with Gasteiger partial charge in [-0.2, -0.15) is 0 Å². The molecule has 1 heterocycles. The Bertz CT molecular complexity index is 552. The molecule has 0 bridgehead atoms. The summed E-state index contributed by atoms with van der Waals surface area (Å²) in [6.07, 6.45) is 0.561. The largest absolute Gasteiger partial charge is 0.373 e. The first kappa shape index (κ1) is 23.2. The van der Waals surface area contributed by atoms with Crippen LogP contribution in [0.1, 0.15) is 33.3 Å². The van der Waals surface area contributed by atoms with E-state index in [1.807, 2.05) is 25.1 Å². The third kappa shape index (κ3) is 7.04. The van der Waals surface area contributed by atoms with Gasteiger partial charge in [-0.15, -0.1) is 24.0 Å². The maximum Gasteiger partial charge on any atom is 0.193 e. The summed E-state index contributed by atoms with van der Waals surface area (Å²) in [5, 5.41) is 3.55. The van der Waals surface area contributed by atoms with Crippen LogP contribution in [0.25, 0.3) is 0 Å². The predicted molar refractivity (Wildman–Crippen MR) is 120 cm³/mol. The lowest BCUT2D eigenvalue weighted by Crippen LogP contribution is -2.59. The number of nitrogens with one attached hydrogen (secondary N) is 1. The van der Waals surface area contributed by atoms with Gasteiger partial charge in [0.1, 0.15) is 0 Å². The molecule has 148 valence electrons. The molecule has 1 aliphatic rings. The molecule has 5 nitrogen and oxygen atoms in total. The molecule has 1 aliphatic heterocycles. The van der Waals surface area contributed by atoms with Crippen LogP contribution in [0.15, 0.2) is 35.3 Å². The van der Waals surface area contributed by atoms with E-state index in [2.05, 4.69) is 62.2 Å². The number of ether oxygens (including phenoxy) is 1. The van der Waals surface area contributed by atoms with Gasteiger partial charge in [0.2, 0.25) is 0 Å². The second-order valence-electron chi connectivity index (χ2n) is 7.85. The smallest absolute Gasteiger partial charge is 0.193 e. The zero-order valence-electron chi connectivity index (χ0n) is 17.0. The summed E-state index contributed by atoms with van der Waals surface area (Å²) < 4.78 is 5.87. The van der Waals surface area contributed by atoms with Crippen LogP contribution in [-0.4, -0.2) is 67.2 Å². The quantitative estimate of drug-likeness (QED) is 0.404. The van der Waals surface area contributed by atoms with Crippen molar-refractivity contribution in [1.82, 2.24) is 15.1 Å². The number of halogens is 1. The number of hydrogen-bond donors (Lipinski definition) is 1. The average molecular weight is 474 g/mol. The second-order valence-corrected chi connectivity index (χ2v) is 7.85. The van der Waals surface area contributed by atoms with E-state index in [0.717, 1.165) is 25.6 Å². The normalized spacial score (nSPS) is 21.8. The zero-order chi connectivity index (χ0) is 18.4. The lowest BCUT2D eigenvalue weighted by atomic mass is 10.00. The maximum atomic E-state index is 5.87. The highest BCUT2D eigenvalue weighted by atomic mass is 127. The minimum atomic E-state index is 0. The molecule has 2 atom stereocenters. The minimum Gasteiger partial charge on any atom is -0.373 e.